The minimum Gasteiger partial charge on any atom is -0.399 e. The average molecular weight is 264 g/mol. The van der Waals surface area contributed by atoms with Crippen molar-refractivity contribution in [1.29, 1.82) is 0 Å². The van der Waals surface area contributed by atoms with E-state index >= 15 is 0 Å². The van der Waals surface area contributed by atoms with Gasteiger partial charge in [0.25, 0.3) is 0 Å². The molecule has 1 aliphatic heterocycles. The molecule has 1 aliphatic rings. The molecule has 0 spiro atoms. The van der Waals surface area contributed by atoms with Gasteiger partial charge >= 0.3 is 7.12 Å². The summed E-state index contributed by atoms with van der Waals surface area (Å²) in [5.41, 5.74) is 1.90. The van der Waals surface area contributed by atoms with E-state index < -0.39 is 0 Å². The lowest BCUT2D eigenvalue weighted by Crippen LogP contribution is -2.41. The summed E-state index contributed by atoms with van der Waals surface area (Å²) in [5, 5.41) is 0. The van der Waals surface area contributed by atoms with Crippen molar-refractivity contribution >= 4 is 24.3 Å². The van der Waals surface area contributed by atoms with Crippen molar-refractivity contribution in [3.63, 3.8) is 0 Å². The topological polar surface area (TPSA) is 18.5 Å². The summed E-state index contributed by atoms with van der Waals surface area (Å²) in [5.74, 6) is 1.05. The van der Waals surface area contributed by atoms with Gasteiger partial charge in [-0.25, -0.2) is 0 Å². The van der Waals surface area contributed by atoms with Crippen LogP contribution in [0.5, 0.6) is 0 Å². The summed E-state index contributed by atoms with van der Waals surface area (Å²) in [6, 6.07) is 8.51. The zero-order valence-electron chi connectivity index (χ0n) is 11.8. The molecule has 2 rings (SSSR count). The summed E-state index contributed by atoms with van der Waals surface area (Å²) < 4.78 is 12.0. The third kappa shape index (κ3) is 2.61. The minimum absolute atomic E-state index is 0.252. The monoisotopic (exact) mass is 264 g/mol. The highest BCUT2D eigenvalue weighted by molar-refractivity contribution is 7.97. The molecule has 18 heavy (non-hydrogen) atoms. The second-order valence-electron chi connectivity index (χ2n) is 5.76. The van der Waals surface area contributed by atoms with Gasteiger partial charge in [-0.15, -0.1) is 0 Å². The SMILES string of the molecule is CSCc1ccc(B2OC(C)(C)C(C)(C)O2)cc1. The van der Waals surface area contributed by atoms with Gasteiger partial charge in [-0.05, 0) is 45.0 Å². The number of thioether (sulfide) groups is 1. The van der Waals surface area contributed by atoms with Gasteiger partial charge < -0.3 is 9.31 Å². The first kappa shape index (κ1) is 14.0. The molecule has 2 nitrogen and oxygen atoms in total. The quantitative estimate of drug-likeness (QED) is 0.782. The van der Waals surface area contributed by atoms with Crippen LogP contribution in [0.25, 0.3) is 0 Å². The number of hydrogen-bond acceptors (Lipinski definition) is 3. The Morgan fingerprint density at radius 1 is 1.00 bits per heavy atom. The smallest absolute Gasteiger partial charge is 0.399 e. The van der Waals surface area contributed by atoms with E-state index in [0.717, 1.165) is 11.2 Å². The summed E-state index contributed by atoms with van der Waals surface area (Å²) in [6.45, 7) is 8.31. The summed E-state index contributed by atoms with van der Waals surface area (Å²) in [6.07, 6.45) is 2.11. The van der Waals surface area contributed by atoms with Crippen molar-refractivity contribution in [2.24, 2.45) is 0 Å². The van der Waals surface area contributed by atoms with E-state index in [1.807, 2.05) is 11.8 Å². The van der Waals surface area contributed by atoms with Crippen LogP contribution >= 0.6 is 11.8 Å². The van der Waals surface area contributed by atoms with E-state index in [4.69, 9.17) is 9.31 Å². The fourth-order valence-corrected chi connectivity index (χ4v) is 2.44. The van der Waals surface area contributed by atoms with Crippen LogP contribution in [0.4, 0.5) is 0 Å². The molecule has 0 atom stereocenters. The maximum atomic E-state index is 6.02. The van der Waals surface area contributed by atoms with Gasteiger partial charge in [-0.1, -0.05) is 24.3 Å². The molecule has 0 aliphatic carbocycles. The second kappa shape index (κ2) is 4.91. The molecule has 98 valence electrons. The highest BCUT2D eigenvalue weighted by atomic mass is 32.2. The van der Waals surface area contributed by atoms with Crippen molar-refractivity contribution in [2.45, 2.75) is 44.6 Å². The zero-order chi connectivity index (χ0) is 13.4. The highest BCUT2D eigenvalue weighted by Crippen LogP contribution is 2.36. The number of hydrogen-bond donors (Lipinski definition) is 0. The Bertz CT molecular complexity index is 398. The van der Waals surface area contributed by atoms with Crippen LogP contribution in [0, 0.1) is 0 Å². The Morgan fingerprint density at radius 3 is 1.94 bits per heavy atom. The lowest BCUT2D eigenvalue weighted by atomic mass is 9.79. The van der Waals surface area contributed by atoms with Crippen LogP contribution in [0.15, 0.2) is 24.3 Å². The second-order valence-corrected chi connectivity index (χ2v) is 6.63. The van der Waals surface area contributed by atoms with Crippen LogP contribution < -0.4 is 5.46 Å². The molecule has 1 heterocycles. The molecule has 0 saturated carbocycles. The van der Waals surface area contributed by atoms with E-state index in [2.05, 4.69) is 58.2 Å². The van der Waals surface area contributed by atoms with E-state index in [0.29, 0.717) is 0 Å². The molecule has 1 saturated heterocycles. The van der Waals surface area contributed by atoms with Crippen LogP contribution in [0.3, 0.4) is 0 Å². The summed E-state index contributed by atoms with van der Waals surface area (Å²) >= 11 is 1.83. The fraction of sp³-hybridized carbons (Fsp3) is 0.571. The molecule has 4 heteroatoms. The third-order valence-corrected chi connectivity index (χ3v) is 4.44. The standard InChI is InChI=1S/C14H21BO2S/c1-13(2)14(3,4)17-15(16-13)12-8-6-11(7-9-12)10-18-5/h6-9H,10H2,1-5H3. The van der Waals surface area contributed by atoms with Gasteiger partial charge in [0.15, 0.2) is 0 Å². The Hall–Kier alpha value is -0.445. The summed E-state index contributed by atoms with van der Waals surface area (Å²) in [7, 11) is -0.252. The molecule has 0 radical (unpaired) electrons. The van der Waals surface area contributed by atoms with Gasteiger partial charge in [0.05, 0.1) is 11.2 Å². The van der Waals surface area contributed by atoms with Crippen molar-refractivity contribution in [3.05, 3.63) is 29.8 Å². The van der Waals surface area contributed by atoms with E-state index in [1.54, 1.807) is 0 Å². The largest absolute Gasteiger partial charge is 0.494 e. The molecule has 1 aromatic carbocycles. The van der Waals surface area contributed by atoms with Gasteiger partial charge in [0.1, 0.15) is 0 Å². The molecular weight excluding hydrogens is 243 g/mol. The van der Waals surface area contributed by atoms with Gasteiger partial charge in [-0.2, -0.15) is 11.8 Å². The molecule has 0 N–H and O–H groups in total. The van der Waals surface area contributed by atoms with Gasteiger partial charge in [-0.3, -0.25) is 0 Å². The minimum atomic E-state index is -0.268. The molecule has 0 aromatic heterocycles. The predicted octanol–water partition coefficient (Wildman–Crippen LogP) is 2.85. The zero-order valence-corrected chi connectivity index (χ0v) is 12.6. The lowest BCUT2D eigenvalue weighted by molar-refractivity contribution is 0.00578. The van der Waals surface area contributed by atoms with E-state index in [-0.39, 0.29) is 18.3 Å². The maximum absolute atomic E-state index is 6.02. The first-order valence-electron chi connectivity index (χ1n) is 6.29. The van der Waals surface area contributed by atoms with Crippen molar-refractivity contribution in [1.82, 2.24) is 0 Å². The average Bonchev–Trinajstić information content (AvgIpc) is 2.50. The number of benzene rings is 1. The van der Waals surface area contributed by atoms with Gasteiger partial charge in [0.2, 0.25) is 0 Å². The Kier molecular flexibility index (Phi) is 3.81. The Balaban J connectivity index is 2.14. The van der Waals surface area contributed by atoms with Crippen molar-refractivity contribution in [3.8, 4) is 0 Å². The molecule has 1 fully saturated rings. The van der Waals surface area contributed by atoms with Gasteiger partial charge in [0, 0.05) is 5.75 Å². The lowest BCUT2D eigenvalue weighted by Gasteiger charge is -2.32. The highest BCUT2D eigenvalue weighted by Gasteiger charge is 2.51. The Morgan fingerprint density at radius 2 is 1.50 bits per heavy atom. The van der Waals surface area contributed by atoms with Crippen molar-refractivity contribution in [2.75, 3.05) is 6.26 Å². The van der Waals surface area contributed by atoms with Crippen LogP contribution in [0.1, 0.15) is 33.3 Å². The van der Waals surface area contributed by atoms with Crippen LogP contribution in [-0.2, 0) is 15.1 Å². The predicted molar refractivity (Wildman–Crippen MR) is 79.4 cm³/mol. The normalized spacial score (nSPS) is 21.3. The molecule has 0 amide bonds. The molecular formula is C14H21BO2S. The molecule has 0 bridgehead atoms. The molecule has 0 unspecified atom stereocenters. The first-order chi connectivity index (χ1) is 8.36. The van der Waals surface area contributed by atoms with E-state index in [1.165, 1.54) is 5.56 Å². The van der Waals surface area contributed by atoms with Crippen LogP contribution in [-0.4, -0.2) is 24.6 Å². The van der Waals surface area contributed by atoms with Crippen molar-refractivity contribution < 1.29 is 9.31 Å². The fourth-order valence-electron chi connectivity index (χ4n) is 1.92. The third-order valence-electron chi connectivity index (χ3n) is 3.82. The first-order valence-corrected chi connectivity index (χ1v) is 7.68. The van der Waals surface area contributed by atoms with Crippen LogP contribution in [0.2, 0.25) is 0 Å². The van der Waals surface area contributed by atoms with E-state index in [9.17, 15) is 0 Å². The maximum Gasteiger partial charge on any atom is 0.494 e. The Labute approximate surface area is 115 Å². The number of rotatable bonds is 3. The molecule has 1 aromatic rings. The summed E-state index contributed by atoms with van der Waals surface area (Å²) in [4.78, 5) is 0.